The first kappa shape index (κ1) is 28.2. The molecule has 0 radical (unpaired) electrons. The highest BCUT2D eigenvalue weighted by atomic mass is 35.5. The fourth-order valence-corrected chi connectivity index (χ4v) is 4.92. The Labute approximate surface area is 249 Å². The maximum atomic E-state index is 10.6. The largest absolute Gasteiger partial charge is 0.494 e. The van der Waals surface area contributed by atoms with Gasteiger partial charge in [-0.3, -0.25) is 4.79 Å². The highest BCUT2D eigenvalue weighted by Crippen LogP contribution is 2.30. The van der Waals surface area contributed by atoms with Crippen LogP contribution in [0.15, 0.2) is 103 Å². The lowest BCUT2D eigenvalue weighted by molar-refractivity contribution is -0.137. The number of hydrogen-bond donors (Lipinski definition) is 1. The summed E-state index contributed by atoms with van der Waals surface area (Å²) < 4.78 is 7.75. The van der Waals surface area contributed by atoms with Crippen molar-refractivity contribution in [1.82, 2.24) is 9.55 Å². The van der Waals surface area contributed by atoms with Crippen LogP contribution in [0.5, 0.6) is 5.75 Å². The zero-order valence-corrected chi connectivity index (χ0v) is 23.7. The van der Waals surface area contributed by atoms with Crippen molar-refractivity contribution in [1.29, 1.82) is 0 Å². The van der Waals surface area contributed by atoms with Gasteiger partial charge in [-0.2, -0.15) is 0 Å². The standard InChI is InChI=1S/C34H28Cl2N2O3/c35-28-15-18-30(31(36)21-28)32-23-38(22-25-5-2-1-3-6-25)33(37-32)19-10-24-8-11-26(12-9-24)27-13-16-29(17-14-27)41-20-4-7-34(39)40/h1-3,5-6,8-19,21,23H,4,7,20,22H2,(H,39,40)/b19-10+. The van der Waals surface area contributed by atoms with E-state index < -0.39 is 5.97 Å². The van der Waals surface area contributed by atoms with Crippen molar-refractivity contribution in [3.8, 4) is 28.1 Å². The van der Waals surface area contributed by atoms with E-state index in [1.54, 1.807) is 6.07 Å². The van der Waals surface area contributed by atoms with Gasteiger partial charge in [-0.15, -0.1) is 0 Å². The van der Waals surface area contributed by atoms with Gasteiger partial charge >= 0.3 is 5.97 Å². The molecule has 0 saturated heterocycles. The molecule has 1 N–H and O–H groups in total. The van der Waals surface area contributed by atoms with Crippen LogP contribution in [0.1, 0.15) is 29.8 Å². The summed E-state index contributed by atoms with van der Waals surface area (Å²) in [5.41, 5.74) is 6.00. The summed E-state index contributed by atoms with van der Waals surface area (Å²) in [5, 5.41) is 9.89. The zero-order valence-electron chi connectivity index (χ0n) is 22.2. The van der Waals surface area contributed by atoms with Crippen LogP contribution >= 0.6 is 23.2 Å². The van der Waals surface area contributed by atoms with E-state index >= 15 is 0 Å². The number of carboxylic acids is 1. The number of aromatic nitrogens is 2. The third kappa shape index (κ3) is 7.66. The summed E-state index contributed by atoms with van der Waals surface area (Å²) in [6.07, 6.45) is 6.67. The molecular formula is C34H28Cl2N2O3. The van der Waals surface area contributed by atoms with Gasteiger partial charge in [-0.1, -0.05) is 96.0 Å². The molecule has 0 saturated carbocycles. The van der Waals surface area contributed by atoms with E-state index in [-0.39, 0.29) is 6.42 Å². The summed E-state index contributed by atoms with van der Waals surface area (Å²) >= 11 is 12.6. The van der Waals surface area contributed by atoms with Crippen LogP contribution < -0.4 is 4.74 Å². The number of imidazole rings is 1. The molecule has 0 spiro atoms. The molecule has 0 aliphatic rings. The minimum Gasteiger partial charge on any atom is -0.494 e. The van der Waals surface area contributed by atoms with Crippen LogP contribution in [0.4, 0.5) is 0 Å². The molecule has 206 valence electrons. The van der Waals surface area contributed by atoms with Gasteiger partial charge in [0.1, 0.15) is 11.6 Å². The monoisotopic (exact) mass is 582 g/mol. The van der Waals surface area contributed by atoms with Crippen molar-refractivity contribution in [3.05, 3.63) is 130 Å². The normalized spacial score (nSPS) is 11.2. The van der Waals surface area contributed by atoms with Crippen LogP contribution in [0, 0.1) is 0 Å². The number of rotatable bonds is 11. The average molecular weight is 584 g/mol. The van der Waals surface area contributed by atoms with Crippen LogP contribution in [0.2, 0.25) is 10.0 Å². The highest BCUT2D eigenvalue weighted by Gasteiger charge is 2.12. The van der Waals surface area contributed by atoms with Gasteiger partial charge in [0.05, 0.1) is 17.3 Å². The van der Waals surface area contributed by atoms with Crippen LogP contribution in [-0.2, 0) is 11.3 Å². The molecule has 0 bridgehead atoms. The summed E-state index contributed by atoms with van der Waals surface area (Å²) in [6.45, 7) is 1.06. The Morgan fingerprint density at radius 2 is 1.59 bits per heavy atom. The van der Waals surface area contributed by atoms with E-state index in [1.165, 1.54) is 5.56 Å². The van der Waals surface area contributed by atoms with Gasteiger partial charge in [0.25, 0.3) is 0 Å². The number of hydrogen-bond acceptors (Lipinski definition) is 3. The van der Waals surface area contributed by atoms with Crippen molar-refractivity contribution in [2.45, 2.75) is 19.4 Å². The summed E-state index contributed by atoms with van der Waals surface area (Å²) in [5.74, 6) is 0.731. The molecule has 5 aromatic rings. The Morgan fingerprint density at radius 3 is 2.27 bits per heavy atom. The smallest absolute Gasteiger partial charge is 0.303 e. The lowest BCUT2D eigenvalue weighted by Crippen LogP contribution is -2.01. The van der Waals surface area contributed by atoms with E-state index in [9.17, 15) is 4.79 Å². The first-order valence-corrected chi connectivity index (χ1v) is 14.0. The number of benzene rings is 4. The second-order valence-corrected chi connectivity index (χ2v) is 10.4. The van der Waals surface area contributed by atoms with Gasteiger partial charge in [-0.05, 0) is 65.1 Å². The van der Waals surface area contributed by atoms with Gasteiger partial charge in [0.15, 0.2) is 0 Å². The SMILES string of the molecule is O=C(O)CCCOc1ccc(-c2ccc(/C=C/c3nc(-c4ccc(Cl)cc4Cl)cn3Cc3ccccc3)cc2)cc1. The third-order valence-corrected chi connectivity index (χ3v) is 7.08. The van der Waals surface area contributed by atoms with E-state index in [1.807, 2.05) is 66.9 Å². The number of aliphatic carboxylic acids is 1. The van der Waals surface area contributed by atoms with E-state index in [4.69, 9.17) is 38.0 Å². The molecule has 5 rings (SSSR count). The molecular weight excluding hydrogens is 555 g/mol. The van der Waals surface area contributed by atoms with Gasteiger partial charge in [-0.25, -0.2) is 4.98 Å². The third-order valence-electron chi connectivity index (χ3n) is 6.54. The van der Waals surface area contributed by atoms with Crippen LogP contribution in [-0.4, -0.2) is 27.2 Å². The molecule has 7 heteroatoms. The number of carbonyl (C=O) groups is 1. The second kappa shape index (κ2) is 13.4. The molecule has 0 amide bonds. The number of ether oxygens (including phenoxy) is 1. The Bertz CT molecular complexity index is 1640. The van der Waals surface area contributed by atoms with Gasteiger partial charge in [0.2, 0.25) is 0 Å². The number of halogens is 2. The Kier molecular flexibility index (Phi) is 9.19. The fraction of sp³-hybridized carbons (Fsp3) is 0.118. The van der Waals surface area contributed by atoms with Crippen molar-refractivity contribution < 1.29 is 14.6 Å². The number of nitrogens with zero attached hydrogens (tertiary/aromatic N) is 2. The molecule has 0 atom stereocenters. The number of carboxylic acid groups (broad SMARTS) is 1. The molecule has 41 heavy (non-hydrogen) atoms. The summed E-state index contributed by atoms with van der Waals surface area (Å²) in [6, 6.07) is 31.8. The van der Waals surface area contributed by atoms with Crippen molar-refractivity contribution in [3.63, 3.8) is 0 Å². The minimum absolute atomic E-state index is 0.103. The summed E-state index contributed by atoms with van der Waals surface area (Å²) in [7, 11) is 0. The molecule has 0 unspecified atom stereocenters. The topological polar surface area (TPSA) is 64.3 Å². The van der Waals surface area contributed by atoms with Gasteiger partial charge < -0.3 is 14.4 Å². The van der Waals surface area contributed by atoms with E-state index in [0.29, 0.717) is 29.6 Å². The molecule has 0 aliphatic heterocycles. The average Bonchev–Trinajstić information content (AvgIpc) is 3.37. The second-order valence-electron chi connectivity index (χ2n) is 9.55. The lowest BCUT2D eigenvalue weighted by atomic mass is 10.0. The maximum Gasteiger partial charge on any atom is 0.303 e. The van der Waals surface area contributed by atoms with Crippen molar-refractivity contribution >= 4 is 41.3 Å². The highest BCUT2D eigenvalue weighted by molar-refractivity contribution is 6.36. The Hall–Kier alpha value is -4.32. The van der Waals surface area contributed by atoms with Crippen molar-refractivity contribution in [2.24, 2.45) is 0 Å². The first-order chi connectivity index (χ1) is 19.9. The molecule has 5 nitrogen and oxygen atoms in total. The summed E-state index contributed by atoms with van der Waals surface area (Å²) in [4.78, 5) is 15.5. The molecule has 1 aromatic heterocycles. The molecule has 1 heterocycles. The zero-order chi connectivity index (χ0) is 28.6. The van der Waals surface area contributed by atoms with E-state index in [0.717, 1.165) is 39.5 Å². The molecule has 0 fully saturated rings. The predicted molar refractivity (Wildman–Crippen MR) is 166 cm³/mol. The van der Waals surface area contributed by atoms with Crippen molar-refractivity contribution in [2.75, 3.05) is 6.61 Å². The van der Waals surface area contributed by atoms with Gasteiger partial charge in [0, 0.05) is 29.7 Å². The van der Waals surface area contributed by atoms with Crippen LogP contribution in [0.3, 0.4) is 0 Å². The predicted octanol–water partition coefficient (Wildman–Crippen LogP) is 8.99. The lowest BCUT2D eigenvalue weighted by Gasteiger charge is -2.07. The maximum absolute atomic E-state index is 10.6. The first-order valence-electron chi connectivity index (χ1n) is 13.2. The van der Waals surface area contributed by atoms with Crippen LogP contribution in [0.25, 0.3) is 34.5 Å². The Morgan fingerprint density at radius 1 is 0.878 bits per heavy atom. The molecule has 0 aliphatic carbocycles. The van der Waals surface area contributed by atoms with E-state index in [2.05, 4.69) is 47.0 Å². The quantitative estimate of drug-likeness (QED) is 0.158. The molecule has 4 aromatic carbocycles. The Balaban J connectivity index is 1.32. The fourth-order valence-electron chi connectivity index (χ4n) is 4.41. The minimum atomic E-state index is -0.813.